The van der Waals surface area contributed by atoms with Gasteiger partial charge >= 0.3 is 0 Å². The molecule has 1 aliphatic heterocycles. The summed E-state index contributed by atoms with van der Waals surface area (Å²) in [6.07, 6.45) is 1.08. The number of hydrogen-bond acceptors (Lipinski definition) is 4. The maximum Gasteiger partial charge on any atom is 0.253 e. The summed E-state index contributed by atoms with van der Waals surface area (Å²) in [6.45, 7) is 0.305. The number of halogens is 2. The molecule has 1 N–H and O–H groups in total. The van der Waals surface area contributed by atoms with Crippen molar-refractivity contribution in [3.8, 4) is 0 Å². The number of nitrogens with zero attached hydrogens (tertiary/aromatic N) is 1. The molecule has 5 nitrogen and oxygen atoms in total. The standard InChI is InChI=1S/C15H14BrFN2O3S2/c16-13-7-8-14(23-13)24(21,22)19-9-1-2-12(19)15(20)18-11-5-3-10(17)4-6-11/h3-8,12H,1-2,9H2,(H,18,20). The second-order valence-corrected chi connectivity index (χ2v) is 9.91. The van der Waals surface area contributed by atoms with Crippen LogP contribution in [-0.2, 0) is 14.8 Å². The molecule has 9 heteroatoms. The number of benzene rings is 1. The fraction of sp³-hybridized carbons (Fsp3) is 0.267. The van der Waals surface area contributed by atoms with Crippen molar-refractivity contribution in [2.45, 2.75) is 23.1 Å². The second kappa shape index (κ2) is 6.91. The number of rotatable bonds is 4. The lowest BCUT2D eigenvalue weighted by Gasteiger charge is -2.22. The molecular formula is C15H14BrFN2O3S2. The van der Waals surface area contributed by atoms with Crippen molar-refractivity contribution in [3.05, 3.63) is 46.0 Å². The Bertz CT molecular complexity index is 852. The summed E-state index contributed by atoms with van der Waals surface area (Å²) in [5.74, 6) is -0.806. The molecule has 24 heavy (non-hydrogen) atoms. The van der Waals surface area contributed by atoms with Gasteiger partial charge in [-0.25, -0.2) is 12.8 Å². The zero-order valence-electron chi connectivity index (χ0n) is 12.4. The lowest BCUT2D eigenvalue weighted by Crippen LogP contribution is -2.42. The largest absolute Gasteiger partial charge is 0.325 e. The third-order valence-electron chi connectivity index (χ3n) is 3.73. The molecule has 0 spiro atoms. The van der Waals surface area contributed by atoms with Gasteiger partial charge in [-0.2, -0.15) is 4.31 Å². The molecule has 1 aromatic carbocycles. The molecule has 1 aliphatic rings. The highest BCUT2D eigenvalue weighted by Crippen LogP contribution is 2.32. The first-order valence-corrected chi connectivity index (χ1v) is 10.3. The minimum Gasteiger partial charge on any atom is -0.325 e. The summed E-state index contributed by atoms with van der Waals surface area (Å²) in [7, 11) is -3.71. The zero-order chi connectivity index (χ0) is 17.3. The first-order valence-electron chi connectivity index (χ1n) is 7.21. The van der Waals surface area contributed by atoms with Gasteiger partial charge in [0, 0.05) is 12.2 Å². The van der Waals surface area contributed by atoms with E-state index in [0.29, 0.717) is 28.9 Å². The van der Waals surface area contributed by atoms with Crippen molar-refractivity contribution in [1.29, 1.82) is 0 Å². The molecule has 2 heterocycles. The van der Waals surface area contributed by atoms with Crippen LogP contribution in [0.15, 0.2) is 44.4 Å². The van der Waals surface area contributed by atoms with Crippen LogP contribution in [0.3, 0.4) is 0 Å². The molecule has 1 aromatic heterocycles. The van der Waals surface area contributed by atoms with Gasteiger partial charge in [-0.3, -0.25) is 4.79 Å². The minimum absolute atomic E-state index is 0.204. The lowest BCUT2D eigenvalue weighted by molar-refractivity contribution is -0.119. The zero-order valence-corrected chi connectivity index (χ0v) is 15.6. The van der Waals surface area contributed by atoms with E-state index in [4.69, 9.17) is 0 Å². The molecule has 0 saturated carbocycles. The van der Waals surface area contributed by atoms with Crippen molar-refractivity contribution < 1.29 is 17.6 Å². The van der Waals surface area contributed by atoms with Gasteiger partial charge in [0.1, 0.15) is 16.1 Å². The van der Waals surface area contributed by atoms with Crippen molar-refractivity contribution >= 4 is 48.9 Å². The van der Waals surface area contributed by atoms with Crippen LogP contribution in [0.2, 0.25) is 0 Å². The molecule has 1 amide bonds. The number of carbonyl (C=O) groups excluding carboxylic acids is 1. The molecule has 1 fully saturated rings. The Hall–Kier alpha value is -1.29. The Balaban J connectivity index is 1.80. The van der Waals surface area contributed by atoms with Crippen LogP contribution in [0.25, 0.3) is 0 Å². The van der Waals surface area contributed by atoms with Crippen LogP contribution in [0, 0.1) is 5.82 Å². The SMILES string of the molecule is O=C(Nc1ccc(F)cc1)C1CCCN1S(=O)(=O)c1ccc(Br)s1. The average Bonchev–Trinajstić information content (AvgIpc) is 3.19. The predicted molar refractivity (Wildman–Crippen MR) is 94.0 cm³/mol. The topological polar surface area (TPSA) is 66.5 Å². The van der Waals surface area contributed by atoms with Gasteiger partial charge in [0.05, 0.1) is 3.79 Å². The van der Waals surface area contributed by atoms with Crippen LogP contribution >= 0.6 is 27.3 Å². The van der Waals surface area contributed by atoms with Gasteiger partial charge in [0.2, 0.25) is 5.91 Å². The molecule has 0 aliphatic carbocycles. The molecule has 1 saturated heterocycles. The number of anilines is 1. The molecule has 3 rings (SSSR count). The summed E-state index contributed by atoms with van der Waals surface area (Å²) >= 11 is 4.37. The number of thiophene rings is 1. The number of carbonyl (C=O) groups is 1. The van der Waals surface area contributed by atoms with Crippen molar-refractivity contribution in [3.63, 3.8) is 0 Å². The maximum atomic E-state index is 12.9. The molecule has 1 atom stereocenters. The van der Waals surface area contributed by atoms with Crippen LogP contribution < -0.4 is 5.32 Å². The second-order valence-electron chi connectivity index (χ2n) is 5.33. The predicted octanol–water partition coefficient (Wildman–Crippen LogP) is 3.44. The van der Waals surface area contributed by atoms with Gasteiger partial charge < -0.3 is 5.32 Å². The van der Waals surface area contributed by atoms with Gasteiger partial charge in [0.15, 0.2) is 0 Å². The van der Waals surface area contributed by atoms with Crippen LogP contribution in [0.1, 0.15) is 12.8 Å². The highest BCUT2D eigenvalue weighted by molar-refractivity contribution is 9.11. The first-order chi connectivity index (χ1) is 11.4. The third kappa shape index (κ3) is 3.53. The smallest absolute Gasteiger partial charge is 0.253 e. The summed E-state index contributed by atoms with van der Waals surface area (Å²) in [5.41, 5.74) is 0.435. The van der Waals surface area contributed by atoms with E-state index in [0.717, 1.165) is 11.3 Å². The summed E-state index contributed by atoms with van der Waals surface area (Å²) in [4.78, 5) is 12.5. The van der Waals surface area contributed by atoms with Crippen molar-refractivity contribution in [2.75, 3.05) is 11.9 Å². The van der Waals surface area contributed by atoms with Gasteiger partial charge in [0.25, 0.3) is 10.0 Å². The molecular weight excluding hydrogens is 419 g/mol. The van der Waals surface area contributed by atoms with Gasteiger partial charge in [-0.15, -0.1) is 11.3 Å². The molecule has 1 unspecified atom stereocenters. The first kappa shape index (κ1) is 17.5. The quantitative estimate of drug-likeness (QED) is 0.804. The number of hydrogen-bond donors (Lipinski definition) is 1. The number of sulfonamides is 1. The van der Waals surface area contributed by atoms with Gasteiger partial charge in [-0.1, -0.05) is 0 Å². The summed E-state index contributed by atoms with van der Waals surface area (Å²) < 4.78 is 40.6. The Morgan fingerprint density at radius 1 is 1.25 bits per heavy atom. The monoisotopic (exact) mass is 432 g/mol. The number of amides is 1. The van der Waals surface area contributed by atoms with E-state index in [2.05, 4.69) is 21.2 Å². The Labute approximate surface area is 151 Å². The fourth-order valence-electron chi connectivity index (χ4n) is 2.60. The van der Waals surface area contributed by atoms with E-state index in [1.165, 1.54) is 34.6 Å². The van der Waals surface area contributed by atoms with E-state index in [9.17, 15) is 17.6 Å². The molecule has 2 aromatic rings. The average molecular weight is 433 g/mol. The third-order valence-corrected chi connectivity index (χ3v) is 7.73. The van der Waals surface area contributed by atoms with Gasteiger partial charge in [-0.05, 0) is 65.2 Å². The van der Waals surface area contributed by atoms with Crippen LogP contribution in [-0.4, -0.2) is 31.2 Å². The normalized spacial score (nSPS) is 18.7. The summed E-state index contributed by atoms with van der Waals surface area (Å²) in [5, 5.41) is 2.65. The Morgan fingerprint density at radius 2 is 1.96 bits per heavy atom. The van der Waals surface area contributed by atoms with Crippen LogP contribution in [0.5, 0.6) is 0 Å². The minimum atomic E-state index is -3.71. The highest BCUT2D eigenvalue weighted by atomic mass is 79.9. The summed E-state index contributed by atoms with van der Waals surface area (Å²) in [6, 6.07) is 7.79. The van der Waals surface area contributed by atoms with E-state index in [-0.39, 0.29) is 4.21 Å². The van der Waals surface area contributed by atoms with Crippen molar-refractivity contribution in [2.24, 2.45) is 0 Å². The molecule has 0 radical (unpaired) electrons. The highest BCUT2D eigenvalue weighted by Gasteiger charge is 2.40. The number of nitrogens with one attached hydrogen (secondary N) is 1. The maximum absolute atomic E-state index is 12.9. The van der Waals surface area contributed by atoms with E-state index >= 15 is 0 Å². The van der Waals surface area contributed by atoms with E-state index in [1.54, 1.807) is 6.07 Å². The van der Waals surface area contributed by atoms with E-state index in [1.807, 2.05) is 0 Å². The Morgan fingerprint density at radius 3 is 2.58 bits per heavy atom. The van der Waals surface area contributed by atoms with E-state index < -0.39 is 27.8 Å². The molecule has 0 bridgehead atoms. The lowest BCUT2D eigenvalue weighted by atomic mass is 10.2. The van der Waals surface area contributed by atoms with Crippen LogP contribution in [0.4, 0.5) is 10.1 Å². The fourth-order valence-corrected chi connectivity index (χ4v) is 6.40. The Kier molecular flexibility index (Phi) is 5.05. The molecule has 128 valence electrons. The van der Waals surface area contributed by atoms with Crippen molar-refractivity contribution in [1.82, 2.24) is 4.31 Å².